The van der Waals surface area contributed by atoms with E-state index in [1.165, 1.54) is 0 Å². The van der Waals surface area contributed by atoms with Crippen LogP contribution in [0.1, 0.15) is 59.2 Å². The molecule has 1 fully saturated rings. The molecule has 0 bridgehead atoms. The second kappa shape index (κ2) is 6.20. The van der Waals surface area contributed by atoms with Crippen molar-refractivity contribution in [3.63, 3.8) is 0 Å². The van der Waals surface area contributed by atoms with Gasteiger partial charge in [0.1, 0.15) is 5.76 Å². The summed E-state index contributed by atoms with van der Waals surface area (Å²) in [5, 5.41) is 7.30. The summed E-state index contributed by atoms with van der Waals surface area (Å²) in [4.78, 5) is 15.1. The summed E-state index contributed by atoms with van der Waals surface area (Å²) in [5.74, 6) is 0.845. The molecule has 0 unspecified atom stereocenters. The maximum atomic E-state index is 13.1. The van der Waals surface area contributed by atoms with Crippen molar-refractivity contribution in [1.82, 2.24) is 15.1 Å². The Hall–Kier alpha value is -2.08. The van der Waals surface area contributed by atoms with Crippen molar-refractivity contribution < 1.29 is 13.9 Å². The molecule has 0 spiro atoms. The van der Waals surface area contributed by atoms with Crippen molar-refractivity contribution in [3.8, 4) is 0 Å². The average Bonchev–Trinajstić information content (AvgIpc) is 3.19. The van der Waals surface area contributed by atoms with E-state index in [0.29, 0.717) is 18.9 Å². The molecule has 2 aromatic rings. The maximum absolute atomic E-state index is 13.1. The highest BCUT2D eigenvalue weighted by Gasteiger charge is 2.33. The Morgan fingerprint density at radius 1 is 1.35 bits per heavy atom. The van der Waals surface area contributed by atoms with E-state index in [2.05, 4.69) is 10.2 Å². The van der Waals surface area contributed by atoms with E-state index in [9.17, 15) is 4.79 Å². The van der Waals surface area contributed by atoms with Crippen LogP contribution in [0.15, 0.2) is 22.8 Å². The second-order valence-corrected chi connectivity index (χ2v) is 6.21. The molecular formula is C17H21N3O3. The van der Waals surface area contributed by atoms with Gasteiger partial charge in [-0.1, -0.05) is 12.8 Å². The molecule has 1 N–H and O–H groups in total. The number of amides is 1. The van der Waals surface area contributed by atoms with Gasteiger partial charge in [-0.15, -0.1) is 0 Å². The third-order valence-electron chi connectivity index (χ3n) is 4.78. The number of nitrogens with one attached hydrogen (secondary N) is 1. The summed E-state index contributed by atoms with van der Waals surface area (Å²) in [6.07, 6.45) is 6.67. The molecule has 2 aliphatic rings. The Labute approximate surface area is 134 Å². The number of aromatic nitrogens is 2. The van der Waals surface area contributed by atoms with Gasteiger partial charge in [-0.2, -0.15) is 5.10 Å². The van der Waals surface area contributed by atoms with E-state index in [4.69, 9.17) is 9.15 Å². The number of carbonyl (C=O) groups excluding carboxylic acids is 1. The Morgan fingerprint density at radius 2 is 2.30 bits per heavy atom. The molecule has 4 heterocycles. The number of hydrogen-bond donors (Lipinski definition) is 1. The van der Waals surface area contributed by atoms with Crippen LogP contribution >= 0.6 is 0 Å². The predicted octanol–water partition coefficient (Wildman–Crippen LogP) is 2.83. The molecule has 6 heteroatoms. The molecule has 2 aromatic heterocycles. The molecule has 122 valence electrons. The zero-order chi connectivity index (χ0) is 15.6. The zero-order valence-electron chi connectivity index (χ0n) is 13.1. The number of aromatic amines is 1. The highest BCUT2D eigenvalue weighted by Crippen LogP contribution is 2.32. The third kappa shape index (κ3) is 2.67. The number of furan rings is 1. The Morgan fingerprint density at radius 3 is 3.17 bits per heavy atom. The first kappa shape index (κ1) is 14.5. The van der Waals surface area contributed by atoms with Crippen molar-refractivity contribution in [2.45, 2.75) is 44.8 Å². The molecule has 1 atom stereocenters. The first-order valence-corrected chi connectivity index (χ1v) is 8.33. The number of likely N-dealkylation sites (tertiary alicyclic amines) is 1. The number of ether oxygens (including phenoxy) is 1. The van der Waals surface area contributed by atoms with Crippen molar-refractivity contribution in [2.75, 3.05) is 13.2 Å². The lowest BCUT2D eigenvalue weighted by Gasteiger charge is -2.28. The van der Waals surface area contributed by atoms with Crippen molar-refractivity contribution >= 4 is 5.91 Å². The largest absolute Gasteiger partial charge is 0.467 e. The highest BCUT2D eigenvalue weighted by molar-refractivity contribution is 5.94. The monoisotopic (exact) mass is 315 g/mol. The first-order chi connectivity index (χ1) is 11.3. The van der Waals surface area contributed by atoms with Crippen molar-refractivity contribution in [1.29, 1.82) is 0 Å². The van der Waals surface area contributed by atoms with Gasteiger partial charge in [0.15, 0.2) is 5.69 Å². The minimum atomic E-state index is -0.0173. The van der Waals surface area contributed by atoms with E-state index in [0.717, 1.165) is 55.7 Å². The van der Waals surface area contributed by atoms with Gasteiger partial charge < -0.3 is 14.1 Å². The normalized spacial score (nSPS) is 21.7. The molecule has 1 amide bonds. The van der Waals surface area contributed by atoms with Crippen LogP contribution in [0.4, 0.5) is 0 Å². The van der Waals surface area contributed by atoms with Gasteiger partial charge in [0.2, 0.25) is 0 Å². The molecule has 2 aliphatic heterocycles. The van der Waals surface area contributed by atoms with E-state index in [-0.39, 0.29) is 11.9 Å². The third-order valence-corrected chi connectivity index (χ3v) is 4.78. The SMILES string of the molecule is O=C(c1n[nH]c2c1COCC2)N1CCCCC[C@@H]1c1ccco1. The smallest absolute Gasteiger partial charge is 0.275 e. The van der Waals surface area contributed by atoms with Crippen LogP contribution in [-0.2, 0) is 17.8 Å². The Bertz CT molecular complexity index is 677. The second-order valence-electron chi connectivity index (χ2n) is 6.21. The number of fused-ring (bicyclic) bond motifs is 1. The first-order valence-electron chi connectivity index (χ1n) is 8.33. The van der Waals surface area contributed by atoms with Crippen LogP contribution < -0.4 is 0 Å². The molecule has 4 rings (SSSR count). The molecule has 0 radical (unpaired) electrons. The van der Waals surface area contributed by atoms with Gasteiger partial charge in [-0.05, 0) is 25.0 Å². The number of nitrogens with zero attached hydrogens (tertiary/aromatic N) is 2. The lowest BCUT2D eigenvalue weighted by Crippen LogP contribution is -2.35. The maximum Gasteiger partial charge on any atom is 0.275 e. The van der Waals surface area contributed by atoms with Crippen LogP contribution in [0.2, 0.25) is 0 Å². The minimum absolute atomic E-state index is 0.00291. The van der Waals surface area contributed by atoms with Gasteiger partial charge in [0.25, 0.3) is 5.91 Å². The van der Waals surface area contributed by atoms with E-state index >= 15 is 0 Å². The molecule has 1 saturated heterocycles. The van der Waals surface area contributed by atoms with Crippen LogP contribution in [0.25, 0.3) is 0 Å². The van der Waals surface area contributed by atoms with E-state index in [1.54, 1.807) is 6.26 Å². The fourth-order valence-electron chi connectivity index (χ4n) is 3.55. The van der Waals surface area contributed by atoms with Crippen LogP contribution in [0.5, 0.6) is 0 Å². The summed E-state index contributed by atoms with van der Waals surface area (Å²) < 4.78 is 11.1. The summed E-state index contributed by atoms with van der Waals surface area (Å²) in [6.45, 7) is 1.89. The Balaban J connectivity index is 1.66. The number of hydrogen-bond acceptors (Lipinski definition) is 4. The van der Waals surface area contributed by atoms with Crippen LogP contribution in [-0.4, -0.2) is 34.2 Å². The predicted molar refractivity (Wildman–Crippen MR) is 82.9 cm³/mol. The van der Waals surface area contributed by atoms with Gasteiger partial charge >= 0.3 is 0 Å². The summed E-state index contributed by atoms with van der Waals surface area (Å²) in [7, 11) is 0. The fourth-order valence-corrected chi connectivity index (χ4v) is 3.55. The van der Waals surface area contributed by atoms with Crippen LogP contribution in [0.3, 0.4) is 0 Å². The van der Waals surface area contributed by atoms with Crippen molar-refractivity contribution in [2.24, 2.45) is 0 Å². The van der Waals surface area contributed by atoms with Gasteiger partial charge in [0.05, 0.1) is 25.5 Å². The standard InChI is InChI=1S/C17H21N3O3/c21-17(16-12-11-22-10-7-13(12)18-19-16)20-8-3-1-2-5-14(20)15-6-4-9-23-15/h4,6,9,14H,1-3,5,7-8,10-11H2,(H,18,19)/t14-/m1/s1. The van der Waals surface area contributed by atoms with Gasteiger partial charge in [-0.3, -0.25) is 9.89 Å². The van der Waals surface area contributed by atoms with E-state index < -0.39 is 0 Å². The van der Waals surface area contributed by atoms with E-state index in [1.807, 2.05) is 17.0 Å². The number of rotatable bonds is 2. The molecule has 6 nitrogen and oxygen atoms in total. The van der Waals surface area contributed by atoms with Gasteiger partial charge in [0, 0.05) is 24.2 Å². The molecule has 0 aromatic carbocycles. The summed E-state index contributed by atoms with van der Waals surface area (Å²) in [5.41, 5.74) is 2.46. The zero-order valence-corrected chi connectivity index (χ0v) is 13.1. The lowest BCUT2D eigenvalue weighted by molar-refractivity contribution is 0.0641. The average molecular weight is 315 g/mol. The summed E-state index contributed by atoms with van der Waals surface area (Å²) in [6, 6.07) is 3.84. The Kier molecular flexibility index (Phi) is 3.91. The number of carbonyl (C=O) groups is 1. The topological polar surface area (TPSA) is 71.4 Å². The number of H-pyrrole nitrogens is 1. The molecule has 0 aliphatic carbocycles. The highest BCUT2D eigenvalue weighted by atomic mass is 16.5. The van der Waals surface area contributed by atoms with Gasteiger partial charge in [-0.25, -0.2) is 0 Å². The fraction of sp³-hybridized carbons (Fsp3) is 0.529. The van der Waals surface area contributed by atoms with Crippen molar-refractivity contribution in [3.05, 3.63) is 41.1 Å². The summed E-state index contributed by atoms with van der Waals surface area (Å²) >= 11 is 0. The molecule has 0 saturated carbocycles. The molecule has 23 heavy (non-hydrogen) atoms. The van der Waals surface area contributed by atoms with Crippen LogP contribution in [0, 0.1) is 0 Å². The quantitative estimate of drug-likeness (QED) is 0.925. The molecular weight excluding hydrogens is 294 g/mol. The minimum Gasteiger partial charge on any atom is -0.467 e. The lowest BCUT2D eigenvalue weighted by atomic mass is 10.1.